The molecule has 13 heavy (non-hydrogen) atoms. The SMILES string of the molecule is C=C[C@@H](NC(=O)C(F)(F)F)C(=O)O. The fourth-order valence-electron chi connectivity index (χ4n) is 0.445. The molecule has 1 atom stereocenters. The molecule has 7 heteroatoms. The summed E-state index contributed by atoms with van der Waals surface area (Å²) in [7, 11) is 0. The fourth-order valence-corrected chi connectivity index (χ4v) is 0.445. The van der Waals surface area contributed by atoms with Gasteiger partial charge in [0, 0.05) is 0 Å². The molecule has 0 aliphatic rings. The molecule has 0 saturated heterocycles. The number of hydrogen-bond donors (Lipinski definition) is 2. The van der Waals surface area contributed by atoms with Crippen molar-refractivity contribution < 1.29 is 27.9 Å². The molecule has 74 valence electrons. The van der Waals surface area contributed by atoms with Crippen molar-refractivity contribution in [3.63, 3.8) is 0 Å². The van der Waals surface area contributed by atoms with Gasteiger partial charge in [-0.1, -0.05) is 6.08 Å². The van der Waals surface area contributed by atoms with Crippen LogP contribution in [0.4, 0.5) is 13.2 Å². The first-order valence-corrected chi connectivity index (χ1v) is 3.02. The molecule has 1 amide bonds. The zero-order valence-corrected chi connectivity index (χ0v) is 6.26. The first-order chi connectivity index (χ1) is 5.79. The van der Waals surface area contributed by atoms with Gasteiger partial charge in [-0.25, -0.2) is 4.79 Å². The Balaban J connectivity index is 4.35. The standard InChI is InChI=1S/C6H6F3NO3/c1-2-3(4(11)12)10-5(13)6(7,8)9/h2-3H,1H2,(H,10,13)(H,11,12)/t3-/m1/s1. The van der Waals surface area contributed by atoms with Crippen molar-refractivity contribution in [1.82, 2.24) is 5.32 Å². The third kappa shape index (κ3) is 3.59. The monoisotopic (exact) mass is 197 g/mol. The Kier molecular flexibility index (Phi) is 3.46. The number of hydrogen-bond acceptors (Lipinski definition) is 2. The van der Waals surface area contributed by atoms with Gasteiger partial charge in [0.25, 0.3) is 0 Å². The lowest BCUT2D eigenvalue weighted by Crippen LogP contribution is -2.45. The molecule has 0 bridgehead atoms. The van der Waals surface area contributed by atoms with E-state index in [2.05, 4.69) is 6.58 Å². The lowest BCUT2D eigenvalue weighted by atomic mass is 10.3. The van der Waals surface area contributed by atoms with Gasteiger partial charge in [-0.05, 0) is 0 Å². The van der Waals surface area contributed by atoms with Gasteiger partial charge in [-0.15, -0.1) is 6.58 Å². The summed E-state index contributed by atoms with van der Waals surface area (Å²) in [6, 6.07) is -1.73. The maximum absolute atomic E-state index is 11.6. The summed E-state index contributed by atoms with van der Waals surface area (Å²) < 4.78 is 34.7. The van der Waals surface area contributed by atoms with E-state index >= 15 is 0 Å². The van der Waals surface area contributed by atoms with Crippen LogP contribution in [0.1, 0.15) is 0 Å². The smallest absolute Gasteiger partial charge is 0.471 e. The highest BCUT2D eigenvalue weighted by Crippen LogP contribution is 2.14. The first-order valence-electron chi connectivity index (χ1n) is 3.02. The van der Waals surface area contributed by atoms with Crippen LogP contribution in [0, 0.1) is 0 Å². The molecule has 0 aliphatic heterocycles. The average molecular weight is 197 g/mol. The molecule has 0 aromatic rings. The molecule has 0 aliphatic carbocycles. The third-order valence-corrected chi connectivity index (χ3v) is 1.05. The number of amides is 1. The molecular formula is C6H6F3NO3. The van der Waals surface area contributed by atoms with E-state index in [0.717, 1.165) is 0 Å². The average Bonchev–Trinajstić information content (AvgIpc) is 1.96. The number of aliphatic carboxylic acids is 1. The third-order valence-electron chi connectivity index (χ3n) is 1.05. The number of carboxylic acids is 1. The van der Waals surface area contributed by atoms with E-state index in [4.69, 9.17) is 5.11 Å². The Labute approximate surface area is 71.0 Å². The Morgan fingerprint density at radius 3 is 2.15 bits per heavy atom. The second kappa shape index (κ2) is 3.92. The van der Waals surface area contributed by atoms with Gasteiger partial charge in [0.1, 0.15) is 6.04 Å². The highest BCUT2D eigenvalue weighted by molar-refractivity contribution is 5.87. The minimum atomic E-state index is -5.09. The molecule has 0 aromatic heterocycles. The van der Waals surface area contributed by atoms with Gasteiger partial charge in [0.05, 0.1) is 0 Å². The summed E-state index contributed by atoms with van der Waals surface area (Å²) in [4.78, 5) is 20.3. The van der Waals surface area contributed by atoms with Crippen molar-refractivity contribution in [3.05, 3.63) is 12.7 Å². The molecule has 0 spiro atoms. The maximum atomic E-state index is 11.6. The molecule has 0 aromatic carbocycles. The zero-order chi connectivity index (χ0) is 10.6. The predicted octanol–water partition coefficient (Wildman–Crippen LogP) is 0.304. The van der Waals surface area contributed by atoms with Crippen molar-refractivity contribution in [2.24, 2.45) is 0 Å². The molecule has 0 unspecified atom stereocenters. The molecule has 0 heterocycles. The lowest BCUT2D eigenvalue weighted by Gasteiger charge is -2.11. The number of alkyl halides is 3. The maximum Gasteiger partial charge on any atom is 0.471 e. The molecule has 0 saturated carbocycles. The van der Waals surface area contributed by atoms with Crippen LogP contribution in [-0.2, 0) is 9.59 Å². The number of nitrogens with one attached hydrogen (secondary N) is 1. The fraction of sp³-hybridized carbons (Fsp3) is 0.333. The molecule has 2 N–H and O–H groups in total. The van der Waals surface area contributed by atoms with Crippen LogP contribution in [0.25, 0.3) is 0 Å². The molecule has 0 radical (unpaired) electrons. The normalized spacial score (nSPS) is 13.2. The molecule has 4 nitrogen and oxygen atoms in total. The predicted molar refractivity (Wildman–Crippen MR) is 35.8 cm³/mol. The second-order valence-corrected chi connectivity index (χ2v) is 2.02. The number of carbonyl (C=O) groups excluding carboxylic acids is 1. The minimum Gasteiger partial charge on any atom is -0.479 e. The van der Waals surface area contributed by atoms with E-state index in [1.165, 1.54) is 5.32 Å². The Bertz CT molecular complexity index is 236. The van der Waals surface area contributed by atoms with E-state index in [9.17, 15) is 22.8 Å². The van der Waals surface area contributed by atoms with Gasteiger partial charge in [-0.3, -0.25) is 4.79 Å². The van der Waals surface area contributed by atoms with Gasteiger partial charge in [0.15, 0.2) is 0 Å². The van der Waals surface area contributed by atoms with E-state index in [-0.39, 0.29) is 0 Å². The van der Waals surface area contributed by atoms with Crippen LogP contribution >= 0.6 is 0 Å². The highest BCUT2D eigenvalue weighted by atomic mass is 19.4. The topological polar surface area (TPSA) is 66.4 Å². The van der Waals surface area contributed by atoms with E-state index < -0.39 is 24.1 Å². The van der Waals surface area contributed by atoms with Crippen LogP contribution in [0.2, 0.25) is 0 Å². The van der Waals surface area contributed by atoms with Gasteiger partial charge in [0.2, 0.25) is 0 Å². The Morgan fingerprint density at radius 1 is 1.46 bits per heavy atom. The van der Waals surface area contributed by atoms with Crippen LogP contribution in [0.3, 0.4) is 0 Å². The van der Waals surface area contributed by atoms with Crippen LogP contribution in [0.15, 0.2) is 12.7 Å². The van der Waals surface area contributed by atoms with Crippen LogP contribution < -0.4 is 5.32 Å². The number of carboxylic acid groups (broad SMARTS) is 1. The minimum absolute atomic E-state index is 0.686. The quantitative estimate of drug-likeness (QED) is 0.639. The molecule has 0 fully saturated rings. The van der Waals surface area contributed by atoms with E-state index in [1.807, 2.05) is 0 Å². The summed E-state index contributed by atoms with van der Waals surface area (Å²) in [6.45, 7) is 2.95. The Morgan fingerprint density at radius 2 is 1.92 bits per heavy atom. The summed E-state index contributed by atoms with van der Waals surface area (Å²) in [5, 5.41) is 9.46. The lowest BCUT2D eigenvalue weighted by molar-refractivity contribution is -0.175. The number of carbonyl (C=O) groups is 2. The van der Waals surface area contributed by atoms with Crippen molar-refractivity contribution in [1.29, 1.82) is 0 Å². The largest absolute Gasteiger partial charge is 0.479 e. The van der Waals surface area contributed by atoms with Gasteiger partial charge in [-0.2, -0.15) is 13.2 Å². The molecular weight excluding hydrogens is 191 g/mol. The van der Waals surface area contributed by atoms with E-state index in [0.29, 0.717) is 6.08 Å². The van der Waals surface area contributed by atoms with Crippen LogP contribution in [0.5, 0.6) is 0 Å². The Hall–Kier alpha value is -1.53. The number of halogens is 3. The molecule has 0 rings (SSSR count). The summed E-state index contributed by atoms with van der Waals surface area (Å²) in [5.41, 5.74) is 0. The van der Waals surface area contributed by atoms with Crippen molar-refractivity contribution in [2.45, 2.75) is 12.2 Å². The van der Waals surface area contributed by atoms with Crippen LogP contribution in [-0.4, -0.2) is 29.2 Å². The van der Waals surface area contributed by atoms with Crippen molar-refractivity contribution >= 4 is 11.9 Å². The summed E-state index contributed by atoms with van der Waals surface area (Å²) >= 11 is 0. The van der Waals surface area contributed by atoms with Crippen molar-refractivity contribution in [2.75, 3.05) is 0 Å². The second-order valence-electron chi connectivity index (χ2n) is 2.02. The van der Waals surface area contributed by atoms with E-state index in [1.54, 1.807) is 0 Å². The zero-order valence-electron chi connectivity index (χ0n) is 6.26. The summed E-state index contributed by atoms with van der Waals surface area (Å²) in [6.07, 6.45) is -4.40. The number of rotatable bonds is 3. The van der Waals surface area contributed by atoms with Crippen molar-refractivity contribution in [3.8, 4) is 0 Å². The van der Waals surface area contributed by atoms with Gasteiger partial charge >= 0.3 is 18.1 Å². The van der Waals surface area contributed by atoms with Gasteiger partial charge < -0.3 is 10.4 Å². The summed E-state index contributed by atoms with van der Waals surface area (Å²) in [5.74, 6) is -3.91. The first kappa shape index (κ1) is 11.5. The highest BCUT2D eigenvalue weighted by Gasteiger charge is 2.40.